The Morgan fingerprint density at radius 1 is 1.35 bits per heavy atom. The van der Waals surface area contributed by atoms with E-state index in [1.165, 1.54) is 25.5 Å². The molecule has 3 heteroatoms. The Balaban J connectivity index is 1.99. The zero-order chi connectivity index (χ0) is 14.0. The Bertz CT molecular complexity index is 496. The molecule has 2 aliphatic rings. The topological polar surface area (TPSA) is 38.3 Å². The van der Waals surface area contributed by atoms with Crippen LogP contribution in [0.5, 0.6) is 0 Å². The molecule has 2 aliphatic carbocycles. The fraction of sp³-hybridized carbons (Fsp3) is 0.588. The third-order valence-electron chi connectivity index (χ3n) is 4.65. The Morgan fingerprint density at radius 2 is 2.15 bits per heavy atom. The van der Waals surface area contributed by atoms with Gasteiger partial charge in [0.1, 0.15) is 5.54 Å². The zero-order valence-electron chi connectivity index (χ0n) is 12.2. The van der Waals surface area contributed by atoms with E-state index in [0.717, 1.165) is 43.7 Å². The van der Waals surface area contributed by atoms with Crippen LogP contribution in [0.15, 0.2) is 24.3 Å². The molecule has 0 spiro atoms. The van der Waals surface area contributed by atoms with Crippen molar-refractivity contribution in [2.45, 2.75) is 44.1 Å². The first-order valence-electron chi connectivity index (χ1n) is 7.68. The lowest BCUT2D eigenvalue weighted by molar-refractivity contribution is -0.149. The minimum Gasteiger partial charge on any atom is -0.467 e. The van der Waals surface area contributed by atoms with E-state index < -0.39 is 5.54 Å². The number of rotatable bonds is 4. The number of fused-ring (bicyclic) bond motifs is 1. The average molecular weight is 273 g/mol. The summed E-state index contributed by atoms with van der Waals surface area (Å²) >= 11 is 0. The van der Waals surface area contributed by atoms with Crippen molar-refractivity contribution in [3.63, 3.8) is 0 Å². The number of carbonyl (C=O) groups excluding carboxylic acids is 1. The summed E-state index contributed by atoms with van der Waals surface area (Å²) in [4.78, 5) is 12.6. The van der Waals surface area contributed by atoms with E-state index in [4.69, 9.17) is 4.74 Å². The van der Waals surface area contributed by atoms with E-state index in [2.05, 4.69) is 23.5 Å². The van der Waals surface area contributed by atoms with Gasteiger partial charge in [0.2, 0.25) is 0 Å². The molecule has 3 rings (SSSR count). The first kappa shape index (κ1) is 13.6. The summed E-state index contributed by atoms with van der Waals surface area (Å²) in [5.41, 5.74) is 1.79. The highest BCUT2D eigenvalue weighted by molar-refractivity contribution is 5.83. The summed E-state index contributed by atoms with van der Waals surface area (Å²) in [6.45, 7) is 0.920. The Kier molecular flexibility index (Phi) is 3.79. The van der Waals surface area contributed by atoms with Gasteiger partial charge in [-0.25, -0.2) is 4.79 Å². The fourth-order valence-corrected chi connectivity index (χ4v) is 3.28. The minimum atomic E-state index is -0.634. The first-order valence-corrected chi connectivity index (χ1v) is 7.68. The van der Waals surface area contributed by atoms with Crippen LogP contribution in [0, 0.1) is 5.92 Å². The molecule has 1 atom stereocenters. The summed E-state index contributed by atoms with van der Waals surface area (Å²) in [6.07, 6.45) is 6.66. The van der Waals surface area contributed by atoms with Crippen LogP contribution in [0.2, 0.25) is 0 Å². The summed E-state index contributed by atoms with van der Waals surface area (Å²) in [5.74, 6) is 0.611. The molecule has 1 unspecified atom stereocenters. The third kappa shape index (κ3) is 2.47. The molecule has 0 radical (unpaired) electrons. The van der Waals surface area contributed by atoms with E-state index in [1.54, 1.807) is 0 Å². The van der Waals surface area contributed by atoms with Crippen molar-refractivity contribution in [1.29, 1.82) is 0 Å². The van der Waals surface area contributed by atoms with Gasteiger partial charge in [-0.2, -0.15) is 0 Å². The molecule has 20 heavy (non-hydrogen) atoms. The zero-order valence-corrected chi connectivity index (χ0v) is 12.2. The molecule has 1 fully saturated rings. The Hall–Kier alpha value is -1.35. The molecule has 1 saturated carbocycles. The van der Waals surface area contributed by atoms with Gasteiger partial charge in [0.05, 0.1) is 7.11 Å². The number of nitrogens with one attached hydrogen (secondary N) is 1. The van der Waals surface area contributed by atoms with Crippen molar-refractivity contribution in [3.05, 3.63) is 35.4 Å². The molecule has 108 valence electrons. The van der Waals surface area contributed by atoms with Crippen molar-refractivity contribution in [2.75, 3.05) is 13.7 Å². The predicted octanol–water partition coefficient (Wildman–Crippen LogP) is 2.78. The van der Waals surface area contributed by atoms with Crippen molar-refractivity contribution in [1.82, 2.24) is 5.32 Å². The number of ether oxygens (including phenoxy) is 1. The molecular weight excluding hydrogens is 250 g/mol. The van der Waals surface area contributed by atoms with Gasteiger partial charge in [0.15, 0.2) is 0 Å². The lowest BCUT2D eigenvalue weighted by Crippen LogP contribution is -2.50. The number of methoxy groups -OCH3 is 1. The summed E-state index contributed by atoms with van der Waals surface area (Å²) < 4.78 is 5.16. The highest BCUT2D eigenvalue weighted by atomic mass is 16.5. The number of aryl methyl sites for hydroxylation is 1. The second kappa shape index (κ2) is 5.57. The first-order chi connectivity index (χ1) is 9.76. The van der Waals surface area contributed by atoms with Crippen LogP contribution in [-0.4, -0.2) is 19.6 Å². The van der Waals surface area contributed by atoms with Crippen LogP contribution < -0.4 is 5.32 Å². The van der Waals surface area contributed by atoms with Crippen molar-refractivity contribution < 1.29 is 9.53 Å². The number of carbonyl (C=O) groups is 1. The quantitative estimate of drug-likeness (QED) is 0.677. The normalized spacial score (nSPS) is 25.6. The van der Waals surface area contributed by atoms with E-state index in [1.807, 2.05) is 6.07 Å². The van der Waals surface area contributed by atoms with Gasteiger partial charge in [-0.15, -0.1) is 0 Å². The van der Waals surface area contributed by atoms with Crippen LogP contribution in [0.3, 0.4) is 0 Å². The van der Waals surface area contributed by atoms with Gasteiger partial charge in [-0.3, -0.25) is 5.32 Å². The lowest BCUT2D eigenvalue weighted by atomic mass is 9.84. The van der Waals surface area contributed by atoms with E-state index in [9.17, 15) is 4.79 Å². The van der Waals surface area contributed by atoms with Gasteiger partial charge in [0.25, 0.3) is 0 Å². The number of hydrogen-bond donors (Lipinski definition) is 1. The summed E-state index contributed by atoms with van der Waals surface area (Å²) in [7, 11) is 1.50. The van der Waals surface area contributed by atoms with Crippen LogP contribution in [0.4, 0.5) is 0 Å². The number of benzene rings is 1. The van der Waals surface area contributed by atoms with Gasteiger partial charge >= 0.3 is 5.97 Å². The molecule has 0 amide bonds. The summed E-state index contributed by atoms with van der Waals surface area (Å²) in [6, 6.07) is 8.34. The maximum Gasteiger partial charge on any atom is 0.330 e. The lowest BCUT2D eigenvalue weighted by Gasteiger charge is -2.33. The maximum absolute atomic E-state index is 12.6. The minimum absolute atomic E-state index is 0.132. The van der Waals surface area contributed by atoms with Crippen molar-refractivity contribution >= 4 is 5.97 Å². The van der Waals surface area contributed by atoms with Gasteiger partial charge < -0.3 is 4.74 Å². The standard InChI is InChI=1S/C17H23NO2/c1-20-16(19)17(18-12-13-9-10-13)11-5-4-7-14-6-2-3-8-15(14)17/h2-3,6,8,13,18H,4-5,7,9-12H2,1H3. The van der Waals surface area contributed by atoms with Crippen LogP contribution in [0.1, 0.15) is 43.2 Å². The second-order valence-electron chi connectivity index (χ2n) is 6.09. The molecule has 3 nitrogen and oxygen atoms in total. The highest BCUT2D eigenvalue weighted by Crippen LogP contribution is 2.37. The van der Waals surface area contributed by atoms with Gasteiger partial charge in [-0.05, 0) is 55.7 Å². The predicted molar refractivity (Wildman–Crippen MR) is 78.4 cm³/mol. The third-order valence-corrected chi connectivity index (χ3v) is 4.65. The maximum atomic E-state index is 12.6. The number of hydrogen-bond acceptors (Lipinski definition) is 3. The molecule has 0 aromatic heterocycles. The molecule has 1 aromatic rings. The molecule has 0 aliphatic heterocycles. The average Bonchev–Trinajstić information content (AvgIpc) is 3.31. The fourth-order valence-electron chi connectivity index (χ4n) is 3.28. The molecule has 0 heterocycles. The smallest absolute Gasteiger partial charge is 0.330 e. The van der Waals surface area contributed by atoms with Crippen molar-refractivity contribution in [3.8, 4) is 0 Å². The van der Waals surface area contributed by atoms with Gasteiger partial charge in [0, 0.05) is 0 Å². The Labute approximate surface area is 120 Å². The van der Waals surface area contributed by atoms with E-state index in [0.29, 0.717) is 0 Å². The van der Waals surface area contributed by atoms with E-state index in [-0.39, 0.29) is 5.97 Å². The van der Waals surface area contributed by atoms with E-state index >= 15 is 0 Å². The molecule has 1 aromatic carbocycles. The highest BCUT2D eigenvalue weighted by Gasteiger charge is 2.43. The molecule has 0 bridgehead atoms. The largest absolute Gasteiger partial charge is 0.467 e. The van der Waals surface area contributed by atoms with Crippen LogP contribution >= 0.6 is 0 Å². The van der Waals surface area contributed by atoms with Gasteiger partial charge in [-0.1, -0.05) is 30.7 Å². The summed E-state index contributed by atoms with van der Waals surface area (Å²) in [5, 5.41) is 3.57. The second-order valence-corrected chi connectivity index (χ2v) is 6.09. The SMILES string of the molecule is COC(=O)C1(NCC2CC2)CCCCc2ccccc21. The molecule has 1 N–H and O–H groups in total. The van der Waals surface area contributed by atoms with Crippen LogP contribution in [0.25, 0.3) is 0 Å². The van der Waals surface area contributed by atoms with Crippen LogP contribution in [-0.2, 0) is 21.5 Å². The Morgan fingerprint density at radius 3 is 2.90 bits per heavy atom. The number of esters is 1. The monoisotopic (exact) mass is 273 g/mol. The molecule has 0 saturated heterocycles. The van der Waals surface area contributed by atoms with Crippen molar-refractivity contribution in [2.24, 2.45) is 5.92 Å². The molecular formula is C17H23NO2.